The first kappa shape index (κ1) is 17.5. The molecule has 4 nitrogen and oxygen atoms in total. The zero-order valence-corrected chi connectivity index (χ0v) is 14.3. The molecule has 0 amide bonds. The van der Waals surface area contributed by atoms with Gasteiger partial charge in [-0.05, 0) is 47.8 Å². The molecule has 5 heteroatoms. The van der Waals surface area contributed by atoms with Gasteiger partial charge in [0.1, 0.15) is 5.75 Å². The van der Waals surface area contributed by atoms with Crippen molar-refractivity contribution in [2.75, 3.05) is 7.11 Å². The Balaban J connectivity index is 3.07. The van der Waals surface area contributed by atoms with Gasteiger partial charge in [-0.1, -0.05) is 26.0 Å². The second-order valence-corrected chi connectivity index (χ2v) is 10.8. The van der Waals surface area contributed by atoms with Gasteiger partial charge < -0.3 is 14.6 Å². The zero-order valence-electron chi connectivity index (χ0n) is 13.3. The van der Waals surface area contributed by atoms with Gasteiger partial charge >= 0.3 is 5.97 Å². The fourth-order valence-corrected chi connectivity index (χ4v) is 2.49. The molecule has 116 valence electrons. The van der Waals surface area contributed by atoms with Gasteiger partial charge in [-0.2, -0.15) is 0 Å². The quantitative estimate of drug-likeness (QED) is 0.625. The summed E-state index contributed by atoms with van der Waals surface area (Å²) in [5.41, 5.74) is 1.79. The number of methoxy groups -OCH3 is 1. The minimum absolute atomic E-state index is 0.182. The van der Waals surface area contributed by atoms with Gasteiger partial charge in [0.2, 0.25) is 0 Å². The zero-order chi connectivity index (χ0) is 16.3. The van der Waals surface area contributed by atoms with Crippen LogP contribution in [0.25, 0.3) is 6.08 Å². The van der Waals surface area contributed by atoms with Crippen LogP contribution in [0, 0.1) is 0 Å². The average molecular weight is 308 g/mol. The van der Waals surface area contributed by atoms with Gasteiger partial charge in [0, 0.05) is 6.08 Å². The third-order valence-electron chi connectivity index (χ3n) is 4.02. The lowest BCUT2D eigenvalue weighted by atomic mass is 9.99. The third kappa shape index (κ3) is 4.72. The van der Waals surface area contributed by atoms with Crippen molar-refractivity contribution in [1.29, 1.82) is 0 Å². The monoisotopic (exact) mass is 308 g/mol. The van der Waals surface area contributed by atoms with E-state index in [2.05, 4.69) is 13.8 Å². The van der Waals surface area contributed by atoms with E-state index in [1.54, 1.807) is 7.11 Å². The second kappa shape index (κ2) is 6.45. The normalized spacial score (nSPS) is 12.7. The van der Waals surface area contributed by atoms with Crippen molar-refractivity contribution in [3.8, 4) is 5.75 Å². The van der Waals surface area contributed by atoms with E-state index in [-0.39, 0.29) is 5.04 Å². The molecule has 0 fully saturated rings. The van der Waals surface area contributed by atoms with Crippen LogP contribution >= 0.6 is 0 Å². The number of carboxylic acid groups (broad SMARTS) is 1. The summed E-state index contributed by atoms with van der Waals surface area (Å²) in [6.45, 7) is 8.00. The maximum atomic E-state index is 10.6. The molecule has 0 spiro atoms. The third-order valence-corrected chi connectivity index (χ3v) is 7.51. The Morgan fingerprint density at radius 1 is 1.38 bits per heavy atom. The highest BCUT2D eigenvalue weighted by Gasteiger charge is 2.38. The Morgan fingerprint density at radius 3 is 2.48 bits per heavy atom. The lowest BCUT2D eigenvalue weighted by Gasteiger charge is -2.35. The molecule has 0 aliphatic rings. The molecule has 1 aromatic rings. The summed E-state index contributed by atoms with van der Waals surface area (Å²) in [5, 5.41) is 8.48. The predicted octanol–water partition coefficient (Wildman–Crippen LogP) is 3.31. The summed E-state index contributed by atoms with van der Waals surface area (Å²) in [6.07, 6.45) is 3.35. The van der Waals surface area contributed by atoms with E-state index in [1.165, 1.54) is 6.08 Å². The number of rotatable bonds is 6. The van der Waals surface area contributed by atoms with Gasteiger partial charge in [0.25, 0.3) is 0 Å². The molecular weight excluding hydrogens is 284 g/mol. The lowest BCUT2D eigenvalue weighted by molar-refractivity contribution is -0.131. The Morgan fingerprint density at radius 2 is 2.00 bits per heavy atom. The first-order valence-electron chi connectivity index (χ1n) is 6.87. The molecule has 1 rings (SSSR count). The van der Waals surface area contributed by atoms with E-state index < -0.39 is 14.3 Å². The Kier molecular flexibility index (Phi) is 5.36. The number of hydrogen-bond acceptors (Lipinski definition) is 3. The molecular formula is C16H24O4Si. The van der Waals surface area contributed by atoms with Crippen LogP contribution in [-0.4, -0.2) is 31.3 Å². The van der Waals surface area contributed by atoms with Crippen LogP contribution in [0.15, 0.2) is 24.3 Å². The summed E-state index contributed by atoms with van der Waals surface area (Å²) in [7, 11) is -0.699. The predicted molar refractivity (Wildman–Crippen MR) is 87.1 cm³/mol. The van der Waals surface area contributed by atoms with Crippen molar-refractivity contribution >= 4 is 20.4 Å². The van der Waals surface area contributed by atoms with Crippen molar-refractivity contribution in [1.82, 2.24) is 0 Å². The largest absolute Gasteiger partial charge is 0.496 e. The Bertz CT molecular complexity index is 542. The molecule has 0 saturated heterocycles. The second-order valence-electron chi connectivity index (χ2n) is 6.36. The van der Waals surface area contributed by atoms with E-state index in [4.69, 9.17) is 9.84 Å². The molecule has 0 atom stereocenters. The van der Waals surface area contributed by atoms with Crippen LogP contribution in [0.5, 0.6) is 5.75 Å². The summed E-state index contributed by atoms with van der Waals surface area (Å²) in [5.74, 6) is -0.263. The highest BCUT2D eigenvalue weighted by atomic mass is 28.4. The van der Waals surface area contributed by atoms with Crippen LogP contribution in [0.3, 0.4) is 0 Å². The Hall–Kier alpha value is -1.59. The van der Waals surface area contributed by atoms with Crippen molar-refractivity contribution < 1.29 is 19.4 Å². The molecule has 1 aromatic carbocycles. The topological polar surface area (TPSA) is 66.8 Å². The van der Waals surface area contributed by atoms with E-state index in [0.29, 0.717) is 5.75 Å². The number of hydrogen-bond donors (Lipinski definition) is 2. The van der Waals surface area contributed by atoms with Gasteiger partial charge in [0.05, 0.1) is 7.11 Å². The highest BCUT2D eigenvalue weighted by Crippen LogP contribution is 2.40. The molecule has 0 saturated carbocycles. The van der Waals surface area contributed by atoms with E-state index in [1.807, 2.05) is 31.3 Å². The van der Waals surface area contributed by atoms with Crippen LogP contribution in [-0.2, 0) is 11.2 Å². The van der Waals surface area contributed by atoms with Crippen molar-refractivity contribution in [3.05, 3.63) is 35.4 Å². The molecule has 0 aliphatic carbocycles. The minimum atomic E-state index is -2.29. The fraction of sp³-hybridized carbons (Fsp3) is 0.438. The fourth-order valence-electron chi connectivity index (χ4n) is 1.87. The van der Waals surface area contributed by atoms with Gasteiger partial charge in [-0.15, -0.1) is 0 Å². The van der Waals surface area contributed by atoms with E-state index >= 15 is 0 Å². The lowest BCUT2D eigenvalue weighted by Crippen LogP contribution is -2.40. The summed E-state index contributed by atoms with van der Waals surface area (Å²) < 4.78 is 5.40. The van der Waals surface area contributed by atoms with Gasteiger partial charge in [0.15, 0.2) is 8.32 Å². The molecule has 2 N–H and O–H groups in total. The highest BCUT2D eigenvalue weighted by molar-refractivity contribution is 6.72. The van der Waals surface area contributed by atoms with Crippen molar-refractivity contribution in [3.63, 3.8) is 0 Å². The number of carbonyl (C=O) groups is 1. The molecule has 0 unspecified atom stereocenters. The van der Waals surface area contributed by atoms with Crippen LogP contribution in [0.2, 0.25) is 18.1 Å². The number of ether oxygens (including phenoxy) is 1. The maximum absolute atomic E-state index is 10.6. The van der Waals surface area contributed by atoms with Crippen LogP contribution in [0.4, 0.5) is 0 Å². The number of carboxylic acids is 1. The van der Waals surface area contributed by atoms with Crippen LogP contribution < -0.4 is 4.74 Å². The van der Waals surface area contributed by atoms with E-state index in [0.717, 1.165) is 23.6 Å². The molecule has 0 heterocycles. The summed E-state index contributed by atoms with van der Waals surface area (Å²) in [4.78, 5) is 20.9. The minimum Gasteiger partial charge on any atom is -0.496 e. The smallest absolute Gasteiger partial charge is 0.328 e. The molecule has 21 heavy (non-hydrogen) atoms. The SMILES string of the molecule is COc1cc(/C=C/C(=O)O)ccc1CC(C)(C)[Si](C)(C)O. The average Bonchev–Trinajstić information content (AvgIpc) is 2.35. The maximum Gasteiger partial charge on any atom is 0.328 e. The summed E-state index contributed by atoms with van der Waals surface area (Å²) in [6, 6.07) is 5.61. The van der Waals surface area contributed by atoms with Crippen molar-refractivity contribution in [2.45, 2.75) is 38.4 Å². The summed E-state index contributed by atoms with van der Waals surface area (Å²) >= 11 is 0. The van der Waals surface area contributed by atoms with Crippen LogP contribution in [0.1, 0.15) is 25.0 Å². The van der Waals surface area contributed by atoms with E-state index in [9.17, 15) is 9.59 Å². The number of aliphatic carboxylic acids is 1. The van der Waals surface area contributed by atoms with Gasteiger partial charge in [-0.3, -0.25) is 0 Å². The standard InChI is InChI=1S/C16H24O4Si/c1-16(2,21(4,5)19)11-13-8-6-12(7-9-15(17)18)10-14(13)20-3/h6-10,19H,11H2,1-5H3,(H,17,18)/b9-7+. The van der Waals surface area contributed by atoms with Gasteiger partial charge in [-0.25, -0.2) is 4.79 Å². The first-order chi connectivity index (χ1) is 9.56. The first-order valence-corrected chi connectivity index (χ1v) is 9.82. The molecule has 0 bridgehead atoms. The Labute approximate surface area is 127 Å². The van der Waals surface area contributed by atoms with Crippen molar-refractivity contribution in [2.24, 2.45) is 0 Å². The molecule has 0 radical (unpaired) electrons. The molecule has 0 aromatic heterocycles. The number of benzene rings is 1. The molecule has 0 aliphatic heterocycles.